The van der Waals surface area contributed by atoms with Crippen LogP contribution in [0.3, 0.4) is 0 Å². The van der Waals surface area contributed by atoms with Crippen molar-refractivity contribution < 1.29 is 42.9 Å². The van der Waals surface area contributed by atoms with Gasteiger partial charge in [-0.3, -0.25) is 19.2 Å². The second-order valence-corrected chi connectivity index (χ2v) is 7.68. The lowest BCUT2D eigenvalue weighted by atomic mass is 9.98. The number of hydrogen-bond donors (Lipinski definition) is 1. The molecule has 1 rings (SSSR count). The van der Waals surface area contributed by atoms with Crippen molar-refractivity contribution >= 4 is 23.8 Å². The zero-order chi connectivity index (χ0) is 23.4. The van der Waals surface area contributed by atoms with Crippen molar-refractivity contribution in [2.75, 3.05) is 13.2 Å². The Morgan fingerprint density at radius 2 is 1.39 bits per heavy atom. The van der Waals surface area contributed by atoms with E-state index in [4.69, 9.17) is 23.7 Å². The normalized spacial score (nSPS) is 18.2. The Balaban J connectivity index is 3.05. The van der Waals surface area contributed by atoms with Crippen LogP contribution in [0.25, 0.3) is 0 Å². The third-order valence-electron chi connectivity index (χ3n) is 4.66. The van der Waals surface area contributed by atoms with Gasteiger partial charge in [-0.15, -0.1) is 0 Å². The number of rotatable bonds is 12. The third kappa shape index (κ3) is 11.7. The summed E-state index contributed by atoms with van der Waals surface area (Å²) in [4.78, 5) is 45.9. The van der Waals surface area contributed by atoms with E-state index < -0.39 is 42.4 Å². The summed E-state index contributed by atoms with van der Waals surface area (Å²) in [5.74, 6) is -2.00. The summed E-state index contributed by atoms with van der Waals surface area (Å²) in [6.07, 6.45) is 1.95. The molecule has 10 nitrogen and oxygen atoms in total. The van der Waals surface area contributed by atoms with Gasteiger partial charge in [0.1, 0.15) is 19.3 Å². The van der Waals surface area contributed by atoms with Crippen molar-refractivity contribution in [2.24, 2.45) is 0 Å². The van der Waals surface area contributed by atoms with Crippen molar-refractivity contribution in [1.29, 1.82) is 0 Å². The van der Waals surface area contributed by atoms with Crippen molar-refractivity contribution in [1.82, 2.24) is 5.32 Å². The van der Waals surface area contributed by atoms with Gasteiger partial charge in [-0.05, 0) is 19.8 Å². The van der Waals surface area contributed by atoms with Gasteiger partial charge in [0.25, 0.3) is 0 Å². The van der Waals surface area contributed by atoms with Gasteiger partial charge in [-0.1, -0.05) is 19.3 Å². The Morgan fingerprint density at radius 3 is 1.87 bits per heavy atom. The van der Waals surface area contributed by atoms with Crippen LogP contribution in [-0.4, -0.2) is 67.7 Å². The average molecular weight is 446 g/mol. The summed E-state index contributed by atoms with van der Waals surface area (Å²) in [5, 5.41) is 2.74. The molecule has 1 saturated carbocycles. The number of ether oxygens (including phenoxy) is 5. The van der Waals surface area contributed by atoms with E-state index in [0.29, 0.717) is 0 Å². The Bertz CT molecular complexity index is 604. The molecular weight excluding hydrogens is 410 g/mol. The minimum absolute atomic E-state index is 0.0509. The molecule has 1 fully saturated rings. The summed E-state index contributed by atoms with van der Waals surface area (Å²) in [6.45, 7) is 6.23. The molecule has 1 N–H and O–H groups in total. The highest BCUT2D eigenvalue weighted by Gasteiger charge is 2.34. The second kappa shape index (κ2) is 14.0. The fourth-order valence-electron chi connectivity index (χ4n) is 3.28. The summed E-state index contributed by atoms with van der Waals surface area (Å²) in [6, 6.07) is -0.536. The predicted molar refractivity (Wildman–Crippen MR) is 109 cm³/mol. The summed E-state index contributed by atoms with van der Waals surface area (Å²) < 4.78 is 27.6. The highest BCUT2D eigenvalue weighted by Crippen LogP contribution is 2.24. The van der Waals surface area contributed by atoms with Crippen molar-refractivity contribution in [3.05, 3.63) is 0 Å². The standard InChI is InChI=1S/C21H35NO9/c1-13(22-14(2)23)21(30-18-9-7-6-8-10-18)31-20(12-28-16(4)25)19(29-17(5)26)11-27-15(3)24/h13,18-21H,6-12H2,1-5H3,(H,22,23)/t13-,19+,20?,21+/m0/s1. The highest BCUT2D eigenvalue weighted by molar-refractivity contribution is 5.73. The third-order valence-corrected chi connectivity index (χ3v) is 4.66. The molecule has 0 aromatic rings. The topological polar surface area (TPSA) is 126 Å². The van der Waals surface area contributed by atoms with Crippen molar-refractivity contribution in [2.45, 2.75) is 97.4 Å². The molecular formula is C21H35NO9. The van der Waals surface area contributed by atoms with Crippen LogP contribution in [0.4, 0.5) is 0 Å². The first-order valence-electron chi connectivity index (χ1n) is 10.6. The van der Waals surface area contributed by atoms with E-state index in [1.807, 2.05) is 0 Å². The van der Waals surface area contributed by atoms with Gasteiger partial charge in [0, 0.05) is 27.7 Å². The number of nitrogens with one attached hydrogen (secondary N) is 1. The Kier molecular flexibility index (Phi) is 12.1. The van der Waals surface area contributed by atoms with Gasteiger partial charge >= 0.3 is 17.9 Å². The number of esters is 3. The molecule has 178 valence electrons. The lowest BCUT2D eigenvalue weighted by Gasteiger charge is -2.35. The van der Waals surface area contributed by atoms with Gasteiger partial charge in [-0.2, -0.15) is 0 Å². The molecule has 31 heavy (non-hydrogen) atoms. The fraction of sp³-hybridized carbons (Fsp3) is 0.810. The molecule has 1 unspecified atom stereocenters. The van der Waals surface area contributed by atoms with Crippen LogP contribution in [0, 0.1) is 0 Å². The van der Waals surface area contributed by atoms with E-state index in [1.54, 1.807) is 6.92 Å². The van der Waals surface area contributed by atoms with Crippen LogP contribution in [0.1, 0.15) is 66.7 Å². The minimum atomic E-state index is -1.04. The molecule has 0 aromatic heterocycles. The van der Waals surface area contributed by atoms with E-state index >= 15 is 0 Å². The van der Waals surface area contributed by atoms with E-state index in [-0.39, 0.29) is 25.2 Å². The lowest BCUT2D eigenvalue weighted by molar-refractivity contribution is -0.240. The zero-order valence-electron chi connectivity index (χ0n) is 19.0. The first kappa shape index (κ1) is 26.8. The predicted octanol–water partition coefficient (Wildman–Crippen LogP) is 1.63. The van der Waals surface area contributed by atoms with Gasteiger partial charge in [0.05, 0.1) is 12.1 Å². The molecule has 1 aliphatic carbocycles. The molecule has 0 aliphatic heterocycles. The van der Waals surface area contributed by atoms with E-state index in [9.17, 15) is 19.2 Å². The monoisotopic (exact) mass is 445 g/mol. The molecule has 0 radical (unpaired) electrons. The molecule has 0 heterocycles. The Labute approximate surface area is 183 Å². The molecule has 1 aliphatic rings. The number of carbonyl (C=O) groups is 4. The first-order valence-corrected chi connectivity index (χ1v) is 10.6. The van der Waals surface area contributed by atoms with Crippen LogP contribution in [0.5, 0.6) is 0 Å². The summed E-state index contributed by atoms with van der Waals surface area (Å²) in [5.41, 5.74) is 0. The van der Waals surface area contributed by atoms with Crippen LogP contribution >= 0.6 is 0 Å². The van der Waals surface area contributed by atoms with Crippen LogP contribution < -0.4 is 5.32 Å². The van der Waals surface area contributed by atoms with E-state index in [1.165, 1.54) is 27.7 Å². The Morgan fingerprint density at radius 1 is 0.839 bits per heavy atom. The molecule has 0 bridgehead atoms. The number of carbonyl (C=O) groups excluding carboxylic acids is 4. The molecule has 0 aromatic carbocycles. The van der Waals surface area contributed by atoms with Crippen molar-refractivity contribution in [3.8, 4) is 0 Å². The van der Waals surface area contributed by atoms with Crippen LogP contribution in [0.2, 0.25) is 0 Å². The maximum absolute atomic E-state index is 11.6. The molecule has 1 amide bonds. The van der Waals surface area contributed by atoms with Gasteiger partial charge in [0.2, 0.25) is 5.91 Å². The average Bonchev–Trinajstić information content (AvgIpc) is 2.67. The largest absolute Gasteiger partial charge is 0.463 e. The van der Waals surface area contributed by atoms with Gasteiger partial charge in [-0.25, -0.2) is 0 Å². The lowest BCUT2D eigenvalue weighted by Crippen LogP contribution is -2.50. The first-order chi connectivity index (χ1) is 14.6. The maximum atomic E-state index is 11.6. The maximum Gasteiger partial charge on any atom is 0.303 e. The van der Waals surface area contributed by atoms with E-state index in [0.717, 1.165) is 32.1 Å². The molecule has 0 saturated heterocycles. The summed E-state index contributed by atoms with van der Waals surface area (Å²) >= 11 is 0. The van der Waals surface area contributed by atoms with Gasteiger partial charge < -0.3 is 29.0 Å². The van der Waals surface area contributed by atoms with Crippen LogP contribution in [-0.2, 0) is 42.9 Å². The SMILES string of the molecule is CC(=O)N[C@@H](C)[C@H](OC1CCCCC1)OC(COC(C)=O)[C@@H](COC(C)=O)OC(C)=O. The Hall–Kier alpha value is -2.20. The molecule has 0 spiro atoms. The highest BCUT2D eigenvalue weighted by atomic mass is 16.7. The minimum Gasteiger partial charge on any atom is -0.463 e. The van der Waals surface area contributed by atoms with E-state index in [2.05, 4.69) is 5.32 Å². The molecule has 4 atom stereocenters. The zero-order valence-corrected chi connectivity index (χ0v) is 19.0. The second-order valence-electron chi connectivity index (χ2n) is 7.68. The van der Waals surface area contributed by atoms with Gasteiger partial charge in [0.15, 0.2) is 12.4 Å². The van der Waals surface area contributed by atoms with Crippen molar-refractivity contribution in [3.63, 3.8) is 0 Å². The number of hydrogen-bond acceptors (Lipinski definition) is 9. The summed E-state index contributed by atoms with van der Waals surface area (Å²) in [7, 11) is 0. The number of amides is 1. The smallest absolute Gasteiger partial charge is 0.303 e. The van der Waals surface area contributed by atoms with Crippen LogP contribution in [0.15, 0.2) is 0 Å². The fourth-order valence-corrected chi connectivity index (χ4v) is 3.28. The quantitative estimate of drug-likeness (QED) is 0.271. The molecule has 10 heteroatoms.